The lowest BCUT2D eigenvalue weighted by molar-refractivity contribution is 0.493. The van der Waals surface area contributed by atoms with Gasteiger partial charge < -0.3 is 9.73 Å². The highest BCUT2D eigenvalue weighted by Crippen LogP contribution is 2.32. The first-order valence-corrected chi connectivity index (χ1v) is 8.84. The summed E-state index contributed by atoms with van der Waals surface area (Å²) < 4.78 is 32.8. The summed E-state index contributed by atoms with van der Waals surface area (Å²) in [5, 5.41) is 11.6. The fourth-order valence-electron chi connectivity index (χ4n) is 2.80. The first-order chi connectivity index (χ1) is 13.6. The smallest absolute Gasteiger partial charge is 0.247 e. The number of halogens is 3. The summed E-state index contributed by atoms with van der Waals surface area (Å²) in [6.45, 7) is 0. The number of nitrogens with one attached hydrogen (secondary N) is 1. The zero-order valence-corrected chi connectivity index (χ0v) is 15.2. The molecule has 0 aliphatic rings. The fraction of sp³-hybridized carbons (Fsp3) is 0.0476. The van der Waals surface area contributed by atoms with E-state index in [0.29, 0.717) is 11.1 Å². The van der Waals surface area contributed by atoms with Crippen LogP contribution in [0.1, 0.15) is 17.5 Å². The van der Waals surface area contributed by atoms with Crippen LogP contribution in [0.3, 0.4) is 0 Å². The summed E-state index contributed by atoms with van der Waals surface area (Å²) in [6, 6.07) is 18.7. The SMILES string of the molecule is Fc1cccc(-c2nnc(C(Nc3ccccc3)c3ccc(F)cc3Cl)o2)c1. The summed E-state index contributed by atoms with van der Waals surface area (Å²) >= 11 is 6.27. The lowest BCUT2D eigenvalue weighted by Crippen LogP contribution is -2.13. The first kappa shape index (κ1) is 18.1. The average Bonchev–Trinajstić information content (AvgIpc) is 3.17. The lowest BCUT2D eigenvalue weighted by atomic mass is 10.1. The van der Waals surface area contributed by atoms with Gasteiger partial charge in [0, 0.05) is 21.8 Å². The number of nitrogens with zero attached hydrogens (tertiary/aromatic N) is 2. The Kier molecular flexibility index (Phi) is 5.04. The largest absolute Gasteiger partial charge is 0.418 e. The maximum absolute atomic E-state index is 13.5. The van der Waals surface area contributed by atoms with Crippen LogP contribution >= 0.6 is 11.6 Å². The number of rotatable bonds is 5. The minimum Gasteiger partial charge on any atom is -0.418 e. The summed E-state index contributed by atoms with van der Waals surface area (Å²) in [7, 11) is 0. The Morgan fingerprint density at radius 3 is 2.39 bits per heavy atom. The van der Waals surface area contributed by atoms with Gasteiger partial charge in [0.05, 0.1) is 0 Å². The van der Waals surface area contributed by atoms with Gasteiger partial charge in [0.1, 0.15) is 17.7 Å². The van der Waals surface area contributed by atoms with Crippen LogP contribution in [-0.4, -0.2) is 10.2 Å². The predicted octanol–water partition coefficient (Wildman–Crippen LogP) is 5.87. The molecule has 140 valence electrons. The highest BCUT2D eigenvalue weighted by atomic mass is 35.5. The molecule has 1 atom stereocenters. The van der Waals surface area contributed by atoms with Crippen LogP contribution in [0, 0.1) is 11.6 Å². The molecule has 7 heteroatoms. The molecule has 3 aromatic carbocycles. The van der Waals surface area contributed by atoms with E-state index in [1.54, 1.807) is 18.2 Å². The Bertz CT molecular complexity index is 1100. The summed E-state index contributed by atoms with van der Waals surface area (Å²) in [4.78, 5) is 0. The van der Waals surface area contributed by atoms with Gasteiger partial charge in [-0.2, -0.15) is 0 Å². The van der Waals surface area contributed by atoms with E-state index in [1.165, 1.54) is 24.3 Å². The molecule has 28 heavy (non-hydrogen) atoms. The molecular weight excluding hydrogens is 384 g/mol. The minimum absolute atomic E-state index is 0.174. The second kappa shape index (κ2) is 7.78. The number of para-hydroxylation sites is 1. The van der Waals surface area contributed by atoms with Crippen molar-refractivity contribution in [2.24, 2.45) is 0 Å². The van der Waals surface area contributed by atoms with Crippen LogP contribution in [0.2, 0.25) is 5.02 Å². The zero-order valence-electron chi connectivity index (χ0n) is 14.4. The normalized spacial score (nSPS) is 12.0. The van der Waals surface area contributed by atoms with E-state index in [1.807, 2.05) is 30.3 Å². The van der Waals surface area contributed by atoms with Crippen LogP contribution in [0.4, 0.5) is 14.5 Å². The van der Waals surface area contributed by atoms with Gasteiger partial charge in [0.15, 0.2) is 0 Å². The minimum atomic E-state index is -0.620. The van der Waals surface area contributed by atoms with Crippen molar-refractivity contribution in [2.45, 2.75) is 6.04 Å². The number of aromatic nitrogens is 2. The van der Waals surface area contributed by atoms with Crippen LogP contribution in [0.25, 0.3) is 11.5 Å². The van der Waals surface area contributed by atoms with Crippen molar-refractivity contribution in [3.8, 4) is 11.5 Å². The predicted molar refractivity (Wildman–Crippen MR) is 103 cm³/mol. The summed E-state index contributed by atoms with van der Waals surface area (Å²) in [6.07, 6.45) is 0. The maximum atomic E-state index is 13.5. The van der Waals surface area contributed by atoms with Gasteiger partial charge >= 0.3 is 0 Å². The lowest BCUT2D eigenvalue weighted by Gasteiger charge is -2.18. The molecule has 1 heterocycles. The van der Waals surface area contributed by atoms with Crippen molar-refractivity contribution in [2.75, 3.05) is 5.32 Å². The maximum Gasteiger partial charge on any atom is 0.247 e. The Labute approximate surface area is 164 Å². The van der Waals surface area contributed by atoms with E-state index < -0.39 is 17.7 Å². The van der Waals surface area contributed by atoms with E-state index >= 15 is 0 Å². The zero-order chi connectivity index (χ0) is 19.5. The number of benzene rings is 3. The van der Waals surface area contributed by atoms with Crippen LogP contribution in [0.5, 0.6) is 0 Å². The molecule has 0 bridgehead atoms. The molecule has 1 unspecified atom stereocenters. The molecule has 0 saturated heterocycles. The molecule has 0 saturated carbocycles. The molecule has 4 rings (SSSR count). The number of anilines is 1. The third-order valence-corrected chi connectivity index (χ3v) is 4.44. The Hall–Kier alpha value is -3.25. The second-order valence-corrected chi connectivity index (χ2v) is 6.47. The second-order valence-electron chi connectivity index (χ2n) is 6.07. The molecule has 1 aromatic heterocycles. The van der Waals surface area contributed by atoms with E-state index in [9.17, 15) is 8.78 Å². The van der Waals surface area contributed by atoms with Crippen LogP contribution in [0.15, 0.2) is 77.2 Å². The Balaban J connectivity index is 1.75. The highest BCUT2D eigenvalue weighted by Gasteiger charge is 2.24. The molecule has 4 aromatic rings. The van der Waals surface area contributed by atoms with Crippen molar-refractivity contribution in [3.63, 3.8) is 0 Å². The standard InChI is InChI=1S/C21H14ClF2N3O/c22-18-12-15(24)9-10-17(18)19(25-16-7-2-1-3-8-16)21-27-26-20(28-21)13-5-4-6-14(23)11-13/h1-12,19,25H. The molecular formula is C21H14ClF2N3O. The van der Waals surface area contributed by atoms with E-state index in [-0.39, 0.29) is 16.8 Å². The van der Waals surface area contributed by atoms with Crippen molar-refractivity contribution in [1.82, 2.24) is 10.2 Å². The van der Waals surface area contributed by atoms with Gasteiger partial charge in [-0.3, -0.25) is 0 Å². The fourth-order valence-corrected chi connectivity index (χ4v) is 3.07. The Morgan fingerprint density at radius 2 is 1.64 bits per heavy atom. The van der Waals surface area contributed by atoms with Crippen molar-refractivity contribution in [3.05, 3.63) is 101 Å². The first-order valence-electron chi connectivity index (χ1n) is 8.46. The third kappa shape index (κ3) is 3.87. The molecule has 0 fully saturated rings. The molecule has 4 nitrogen and oxygen atoms in total. The summed E-state index contributed by atoms with van der Waals surface area (Å²) in [5.41, 5.74) is 1.82. The van der Waals surface area contributed by atoms with E-state index in [2.05, 4.69) is 15.5 Å². The molecule has 0 aliphatic heterocycles. The number of hydrogen-bond donors (Lipinski definition) is 1. The summed E-state index contributed by atoms with van der Waals surface area (Å²) in [5.74, 6) is -0.458. The quantitative estimate of drug-likeness (QED) is 0.457. The Morgan fingerprint density at radius 1 is 0.857 bits per heavy atom. The molecule has 1 N–H and O–H groups in total. The van der Waals surface area contributed by atoms with Gasteiger partial charge in [-0.05, 0) is 42.5 Å². The van der Waals surface area contributed by atoms with Crippen LogP contribution in [-0.2, 0) is 0 Å². The van der Waals surface area contributed by atoms with E-state index in [0.717, 1.165) is 5.69 Å². The van der Waals surface area contributed by atoms with Gasteiger partial charge in [0.2, 0.25) is 11.8 Å². The molecule has 0 spiro atoms. The number of hydrogen-bond acceptors (Lipinski definition) is 4. The highest BCUT2D eigenvalue weighted by molar-refractivity contribution is 6.31. The topological polar surface area (TPSA) is 51.0 Å². The molecule has 0 aliphatic carbocycles. The van der Waals surface area contributed by atoms with E-state index in [4.69, 9.17) is 16.0 Å². The monoisotopic (exact) mass is 397 g/mol. The van der Waals surface area contributed by atoms with Gasteiger partial charge in [-0.25, -0.2) is 8.78 Å². The van der Waals surface area contributed by atoms with Gasteiger partial charge in [-0.15, -0.1) is 10.2 Å². The van der Waals surface area contributed by atoms with Crippen molar-refractivity contribution in [1.29, 1.82) is 0 Å². The van der Waals surface area contributed by atoms with Gasteiger partial charge in [-0.1, -0.05) is 41.9 Å². The van der Waals surface area contributed by atoms with Crippen molar-refractivity contribution < 1.29 is 13.2 Å². The third-order valence-electron chi connectivity index (χ3n) is 4.12. The average molecular weight is 398 g/mol. The molecule has 0 radical (unpaired) electrons. The van der Waals surface area contributed by atoms with Gasteiger partial charge in [0.25, 0.3) is 0 Å². The van der Waals surface area contributed by atoms with Crippen molar-refractivity contribution >= 4 is 17.3 Å². The molecule has 0 amide bonds. The van der Waals surface area contributed by atoms with Crippen LogP contribution < -0.4 is 5.32 Å².